The summed E-state index contributed by atoms with van der Waals surface area (Å²) >= 11 is 0. The van der Waals surface area contributed by atoms with Gasteiger partial charge in [-0.1, -0.05) is 18.6 Å². The number of hydrogen-bond donors (Lipinski definition) is 2. The van der Waals surface area contributed by atoms with Crippen LogP contribution in [0.15, 0.2) is 24.3 Å². The van der Waals surface area contributed by atoms with E-state index in [9.17, 15) is 5.11 Å². The van der Waals surface area contributed by atoms with E-state index in [1.54, 1.807) is 0 Å². The predicted octanol–water partition coefficient (Wildman–Crippen LogP) is 2.60. The van der Waals surface area contributed by atoms with Crippen molar-refractivity contribution in [2.45, 2.75) is 38.1 Å². The molecule has 0 bridgehead atoms. The zero-order valence-corrected chi connectivity index (χ0v) is 13.1. The van der Waals surface area contributed by atoms with Gasteiger partial charge in [0, 0.05) is 5.54 Å². The van der Waals surface area contributed by atoms with E-state index in [2.05, 4.69) is 5.32 Å². The van der Waals surface area contributed by atoms with Crippen LogP contribution >= 0.6 is 0 Å². The van der Waals surface area contributed by atoms with Crippen LogP contribution in [0.2, 0.25) is 0 Å². The third-order valence-electron chi connectivity index (χ3n) is 4.61. The Morgan fingerprint density at radius 3 is 2.62 bits per heavy atom. The maximum atomic E-state index is 9.69. The molecule has 0 amide bonds. The third kappa shape index (κ3) is 3.69. The van der Waals surface area contributed by atoms with Crippen LogP contribution in [0.1, 0.15) is 32.6 Å². The van der Waals surface area contributed by atoms with Gasteiger partial charge in [0.05, 0.1) is 19.8 Å². The molecule has 1 aromatic rings. The van der Waals surface area contributed by atoms with E-state index < -0.39 is 0 Å². The molecule has 2 N–H and O–H groups in total. The number of ether oxygens (including phenoxy) is 2. The van der Waals surface area contributed by atoms with Crippen molar-refractivity contribution in [2.75, 3.05) is 26.9 Å². The van der Waals surface area contributed by atoms with Gasteiger partial charge in [0.2, 0.25) is 0 Å². The number of para-hydroxylation sites is 2. The van der Waals surface area contributed by atoms with Crippen molar-refractivity contribution in [1.29, 1.82) is 0 Å². The van der Waals surface area contributed by atoms with Crippen molar-refractivity contribution in [2.24, 2.45) is 5.92 Å². The molecule has 4 nitrogen and oxygen atoms in total. The monoisotopic (exact) mass is 293 g/mol. The second-order valence-electron chi connectivity index (χ2n) is 5.67. The summed E-state index contributed by atoms with van der Waals surface area (Å²) in [4.78, 5) is 0. The second-order valence-corrected chi connectivity index (χ2v) is 5.67. The van der Waals surface area contributed by atoms with Gasteiger partial charge in [0.25, 0.3) is 0 Å². The summed E-state index contributed by atoms with van der Waals surface area (Å²) in [5, 5.41) is 13.0. The molecule has 2 atom stereocenters. The predicted molar refractivity (Wildman–Crippen MR) is 83.9 cm³/mol. The maximum absolute atomic E-state index is 9.69. The summed E-state index contributed by atoms with van der Waals surface area (Å²) in [6, 6.07) is 7.78. The Bertz CT molecular complexity index is 432. The minimum Gasteiger partial charge on any atom is -0.490 e. The lowest BCUT2D eigenvalue weighted by Gasteiger charge is -2.33. The van der Waals surface area contributed by atoms with Gasteiger partial charge in [-0.3, -0.25) is 0 Å². The molecule has 0 aliphatic heterocycles. The fourth-order valence-electron chi connectivity index (χ4n) is 3.34. The van der Waals surface area contributed by atoms with Crippen molar-refractivity contribution in [3.63, 3.8) is 0 Å². The Morgan fingerprint density at radius 1 is 1.29 bits per heavy atom. The summed E-state index contributed by atoms with van der Waals surface area (Å²) in [6.45, 7) is 3.45. The highest BCUT2D eigenvalue weighted by Gasteiger charge is 2.40. The largest absolute Gasteiger partial charge is 0.490 e. The number of rotatable bonds is 8. The minimum atomic E-state index is -0.122. The number of aliphatic hydroxyl groups excluding tert-OH is 1. The van der Waals surface area contributed by atoms with Crippen LogP contribution in [0.4, 0.5) is 0 Å². The Hall–Kier alpha value is -1.26. The minimum absolute atomic E-state index is 0.122. The molecule has 118 valence electrons. The van der Waals surface area contributed by atoms with Crippen molar-refractivity contribution >= 4 is 0 Å². The summed E-state index contributed by atoms with van der Waals surface area (Å²) in [5.41, 5.74) is -0.122. The first-order chi connectivity index (χ1) is 10.3. The van der Waals surface area contributed by atoms with Gasteiger partial charge in [-0.2, -0.15) is 0 Å². The first-order valence-corrected chi connectivity index (χ1v) is 7.90. The van der Waals surface area contributed by atoms with Gasteiger partial charge in [-0.05, 0) is 51.3 Å². The number of nitrogens with one attached hydrogen (secondary N) is 1. The smallest absolute Gasteiger partial charge is 0.161 e. The summed E-state index contributed by atoms with van der Waals surface area (Å²) in [7, 11) is 1.94. The summed E-state index contributed by atoms with van der Waals surface area (Å²) < 4.78 is 11.5. The maximum Gasteiger partial charge on any atom is 0.161 e. The standard InChI is InChI=1S/C17H27NO3/c1-3-20-15-8-4-5-9-16(15)21-12-10-14-7-6-11-17(14,13-19)18-2/h4-5,8-9,14,18-19H,3,6-7,10-13H2,1-2H3. The van der Waals surface area contributed by atoms with E-state index in [4.69, 9.17) is 9.47 Å². The number of benzene rings is 1. The van der Waals surface area contributed by atoms with Crippen LogP contribution in [0.3, 0.4) is 0 Å². The second kappa shape index (κ2) is 7.66. The molecule has 1 aliphatic rings. The molecule has 0 aromatic heterocycles. The van der Waals surface area contributed by atoms with Gasteiger partial charge in [0.15, 0.2) is 11.5 Å². The van der Waals surface area contributed by atoms with Gasteiger partial charge in [-0.25, -0.2) is 0 Å². The lowest BCUT2D eigenvalue weighted by molar-refractivity contribution is 0.116. The molecule has 1 aromatic carbocycles. The number of aliphatic hydroxyl groups is 1. The molecule has 2 unspecified atom stereocenters. The average molecular weight is 293 g/mol. The lowest BCUT2D eigenvalue weighted by atomic mass is 9.86. The van der Waals surface area contributed by atoms with Crippen LogP contribution in [-0.2, 0) is 0 Å². The number of hydrogen-bond acceptors (Lipinski definition) is 4. The van der Waals surface area contributed by atoms with E-state index in [0.29, 0.717) is 19.1 Å². The zero-order valence-electron chi connectivity index (χ0n) is 13.1. The summed E-state index contributed by atoms with van der Waals surface area (Å²) in [6.07, 6.45) is 4.31. The van der Waals surface area contributed by atoms with Crippen LogP contribution in [0.5, 0.6) is 11.5 Å². The highest BCUT2D eigenvalue weighted by Crippen LogP contribution is 2.37. The van der Waals surface area contributed by atoms with Gasteiger partial charge in [0.1, 0.15) is 0 Å². The van der Waals surface area contributed by atoms with E-state index in [1.165, 1.54) is 6.42 Å². The Morgan fingerprint density at radius 2 is 2.00 bits per heavy atom. The van der Waals surface area contributed by atoms with Crippen LogP contribution in [-0.4, -0.2) is 37.5 Å². The van der Waals surface area contributed by atoms with E-state index >= 15 is 0 Å². The normalized spacial score (nSPS) is 25.0. The zero-order chi connectivity index (χ0) is 15.1. The van der Waals surface area contributed by atoms with Crippen molar-refractivity contribution < 1.29 is 14.6 Å². The van der Waals surface area contributed by atoms with Crippen molar-refractivity contribution in [1.82, 2.24) is 5.32 Å². The van der Waals surface area contributed by atoms with E-state index in [0.717, 1.165) is 30.8 Å². The molecular weight excluding hydrogens is 266 g/mol. The van der Waals surface area contributed by atoms with Gasteiger partial charge < -0.3 is 19.9 Å². The van der Waals surface area contributed by atoms with Gasteiger partial charge in [-0.15, -0.1) is 0 Å². The Labute approximate surface area is 127 Å². The topological polar surface area (TPSA) is 50.7 Å². The summed E-state index contributed by atoms with van der Waals surface area (Å²) in [5.74, 6) is 2.07. The fourth-order valence-corrected chi connectivity index (χ4v) is 3.34. The Kier molecular flexibility index (Phi) is 5.88. The molecule has 0 heterocycles. The van der Waals surface area contributed by atoms with Crippen molar-refractivity contribution in [3.05, 3.63) is 24.3 Å². The first kappa shape index (κ1) is 16.1. The molecule has 1 fully saturated rings. The average Bonchev–Trinajstić information content (AvgIpc) is 2.93. The van der Waals surface area contributed by atoms with E-state index in [1.807, 2.05) is 38.2 Å². The highest BCUT2D eigenvalue weighted by atomic mass is 16.5. The molecule has 1 aliphatic carbocycles. The van der Waals surface area contributed by atoms with Crippen LogP contribution < -0.4 is 14.8 Å². The van der Waals surface area contributed by atoms with E-state index in [-0.39, 0.29) is 12.1 Å². The van der Waals surface area contributed by atoms with Gasteiger partial charge >= 0.3 is 0 Å². The quantitative estimate of drug-likeness (QED) is 0.773. The Balaban J connectivity index is 1.90. The van der Waals surface area contributed by atoms with Crippen molar-refractivity contribution in [3.8, 4) is 11.5 Å². The SMILES string of the molecule is CCOc1ccccc1OCCC1CCCC1(CO)NC. The first-order valence-electron chi connectivity index (χ1n) is 7.90. The molecule has 1 saturated carbocycles. The highest BCUT2D eigenvalue weighted by molar-refractivity contribution is 5.39. The molecule has 2 rings (SSSR count). The van der Waals surface area contributed by atoms with Crippen LogP contribution in [0, 0.1) is 5.92 Å². The fraction of sp³-hybridized carbons (Fsp3) is 0.647. The van der Waals surface area contributed by atoms with Crippen LogP contribution in [0.25, 0.3) is 0 Å². The molecule has 0 radical (unpaired) electrons. The molecule has 0 spiro atoms. The lowest BCUT2D eigenvalue weighted by Crippen LogP contribution is -2.49. The molecule has 0 saturated heterocycles. The molecular formula is C17H27NO3. The molecule has 4 heteroatoms. The third-order valence-corrected chi connectivity index (χ3v) is 4.61. The molecule has 21 heavy (non-hydrogen) atoms. The number of likely N-dealkylation sites (N-methyl/N-ethyl adjacent to an activating group) is 1.